The molecule has 0 spiro atoms. The van der Waals surface area contributed by atoms with Gasteiger partial charge >= 0.3 is 0 Å². The Morgan fingerprint density at radius 3 is 2.64 bits per heavy atom. The summed E-state index contributed by atoms with van der Waals surface area (Å²) in [4.78, 5) is 14.5. The van der Waals surface area contributed by atoms with Gasteiger partial charge in [0, 0.05) is 26.2 Å². The lowest BCUT2D eigenvalue weighted by molar-refractivity contribution is -0.132. The van der Waals surface area contributed by atoms with E-state index in [0.717, 1.165) is 31.6 Å². The van der Waals surface area contributed by atoms with Crippen molar-refractivity contribution in [2.24, 2.45) is 0 Å². The number of carbonyl (C=O) groups excluding carboxylic acids is 1. The number of hydrogen-bond donors (Lipinski definition) is 1. The molecule has 2 aromatic rings. The van der Waals surface area contributed by atoms with Crippen LogP contribution < -0.4 is 5.32 Å². The highest BCUT2D eigenvalue weighted by Gasteiger charge is 2.17. The SMILES string of the molecule is C[C@H](OCc1ccccc1)C(=O)NCCN1CCc2ccccc2C1. The Kier molecular flexibility index (Phi) is 6.20. The van der Waals surface area contributed by atoms with E-state index in [1.54, 1.807) is 6.92 Å². The number of hydrogen-bond acceptors (Lipinski definition) is 3. The minimum atomic E-state index is -0.442. The van der Waals surface area contributed by atoms with Crippen molar-refractivity contribution in [3.63, 3.8) is 0 Å². The van der Waals surface area contributed by atoms with Gasteiger partial charge in [0.2, 0.25) is 5.91 Å². The number of nitrogens with one attached hydrogen (secondary N) is 1. The zero-order valence-corrected chi connectivity index (χ0v) is 14.8. The molecular weight excluding hydrogens is 312 g/mol. The molecule has 25 heavy (non-hydrogen) atoms. The number of ether oxygens (including phenoxy) is 1. The Hall–Kier alpha value is -2.17. The normalized spacial score (nSPS) is 15.4. The van der Waals surface area contributed by atoms with Crippen molar-refractivity contribution < 1.29 is 9.53 Å². The number of fused-ring (bicyclic) bond motifs is 1. The first-order valence-corrected chi connectivity index (χ1v) is 8.95. The Morgan fingerprint density at radius 1 is 1.12 bits per heavy atom. The van der Waals surface area contributed by atoms with E-state index in [-0.39, 0.29) is 5.91 Å². The fraction of sp³-hybridized carbons (Fsp3) is 0.381. The summed E-state index contributed by atoms with van der Waals surface area (Å²) >= 11 is 0. The van der Waals surface area contributed by atoms with E-state index in [1.807, 2.05) is 30.3 Å². The van der Waals surface area contributed by atoms with Crippen LogP contribution in [0.5, 0.6) is 0 Å². The zero-order chi connectivity index (χ0) is 17.5. The molecule has 1 heterocycles. The predicted octanol–water partition coefficient (Wildman–Crippen LogP) is 2.77. The fourth-order valence-electron chi connectivity index (χ4n) is 3.10. The molecule has 1 aliphatic rings. The molecule has 1 amide bonds. The maximum atomic E-state index is 12.1. The molecule has 2 aromatic carbocycles. The smallest absolute Gasteiger partial charge is 0.248 e. The number of nitrogens with zero attached hydrogens (tertiary/aromatic N) is 1. The highest BCUT2D eigenvalue weighted by atomic mass is 16.5. The summed E-state index contributed by atoms with van der Waals surface area (Å²) in [7, 11) is 0. The van der Waals surface area contributed by atoms with E-state index in [9.17, 15) is 4.79 Å². The molecule has 0 fully saturated rings. The molecular formula is C21H26N2O2. The quantitative estimate of drug-likeness (QED) is 0.844. The molecule has 0 radical (unpaired) electrons. The van der Waals surface area contributed by atoms with E-state index in [2.05, 4.69) is 34.5 Å². The van der Waals surface area contributed by atoms with E-state index in [1.165, 1.54) is 11.1 Å². The van der Waals surface area contributed by atoms with Crippen LogP contribution in [0.1, 0.15) is 23.6 Å². The van der Waals surface area contributed by atoms with Crippen LogP contribution in [-0.4, -0.2) is 36.5 Å². The minimum absolute atomic E-state index is 0.0478. The van der Waals surface area contributed by atoms with Gasteiger partial charge in [0.25, 0.3) is 0 Å². The summed E-state index contributed by atoms with van der Waals surface area (Å²) in [6, 6.07) is 18.5. The van der Waals surface area contributed by atoms with Gasteiger partial charge in [-0.15, -0.1) is 0 Å². The molecule has 132 valence electrons. The summed E-state index contributed by atoms with van der Waals surface area (Å²) in [5.74, 6) is -0.0478. The molecule has 0 unspecified atom stereocenters. The lowest BCUT2D eigenvalue weighted by Crippen LogP contribution is -2.41. The van der Waals surface area contributed by atoms with Crippen LogP contribution in [0.3, 0.4) is 0 Å². The largest absolute Gasteiger partial charge is 0.364 e. The molecule has 4 heteroatoms. The van der Waals surface area contributed by atoms with Crippen LogP contribution in [0.2, 0.25) is 0 Å². The van der Waals surface area contributed by atoms with Crippen molar-refractivity contribution in [3.8, 4) is 0 Å². The number of rotatable bonds is 7. The lowest BCUT2D eigenvalue weighted by Gasteiger charge is -2.28. The molecule has 4 nitrogen and oxygen atoms in total. The Morgan fingerprint density at radius 2 is 1.84 bits per heavy atom. The van der Waals surface area contributed by atoms with Crippen LogP contribution in [0.15, 0.2) is 54.6 Å². The third-order valence-electron chi connectivity index (χ3n) is 4.65. The number of carbonyl (C=O) groups is 1. The van der Waals surface area contributed by atoms with Gasteiger partial charge < -0.3 is 10.1 Å². The van der Waals surface area contributed by atoms with Gasteiger partial charge in [0.05, 0.1) is 6.61 Å². The van der Waals surface area contributed by atoms with Gasteiger partial charge in [0.15, 0.2) is 0 Å². The van der Waals surface area contributed by atoms with Gasteiger partial charge in [-0.2, -0.15) is 0 Å². The second kappa shape index (κ2) is 8.79. The molecule has 0 aliphatic carbocycles. The first kappa shape index (κ1) is 17.6. The second-order valence-corrected chi connectivity index (χ2v) is 6.52. The molecule has 0 saturated carbocycles. The van der Waals surface area contributed by atoms with E-state index in [4.69, 9.17) is 4.74 Å². The van der Waals surface area contributed by atoms with Crippen molar-refractivity contribution >= 4 is 5.91 Å². The van der Waals surface area contributed by atoms with Crippen molar-refractivity contribution in [3.05, 3.63) is 71.3 Å². The van der Waals surface area contributed by atoms with Crippen LogP contribution in [0, 0.1) is 0 Å². The van der Waals surface area contributed by atoms with Gasteiger partial charge in [-0.1, -0.05) is 54.6 Å². The third-order valence-corrected chi connectivity index (χ3v) is 4.65. The molecule has 0 saturated heterocycles. The van der Waals surface area contributed by atoms with E-state index in [0.29, 0.717) is 13.2 Å². The van der Waals surface area contributed by atoms with Crippen molar-refractivity contribution in [1.82, 2.24) is 10.2 Å². The highest BCUT2D eigenvalue weighted by molar-refractivity contribution is 5.80. The second-order valence-electron chi connectivity index (χ2n) is 6.52. The fourth-order valence-corrected chi connectivity index (χ4v) is 3.10. The van der Waals surface area contributed by atoms with Gasteiger partial charge in [-0.25, -0.2) is 0 Å². The van der Waals surface area contributed by atoms with Crippen LogP contribution >= 0.6 is 0 Å². The van der Waals surface area contributed by atoms with Crippen molar-refractivity contribution in [2.45, 2.75) is 32.6 Å². The van der Waals surface area contributed by atoms with Crippen LogP contribution in [-0.2, 0) is 29.1 Å². The first-order chi connectivity index (χ1) is 12.2. The van der Waals surface area contributed by atoms with E-state index < -0.39 is 6.10 Å². The Bertz CT molecular complexity index is 687. The summed E-state index contributed by atoms with van der Waals surface area (Å²) in [5, 5.41) is 2.98. The van der Waals surface area contributed by atoms with Gasteiger partial charge in [0.1, 0.15) is 6.10 Å². The maximum Gasteiger partial charge on any atom is 0.248 e. The minimum Gasteiger partial charge on any atom is -0.364 e. The van der Waals surface area contributed by atoms with E-state index >= 15 is 0 Å². The monoisotopic (exact) mass is 338 g/mol. The maximum absolute atomic E-state index is 12.1. The topological polar surface area (TPSA) is 41.6 Å². The molecule has 1 aliphatic heterocycles. The lowest BCUT2D eigenvalue weighted by atomic mass is 10.00. The number of benzene rings is 2. The summed E-state index contributed by atoms with van der Waals surface area (Å²) in [5.41, 5.74) is 3.93. The van der Waals surface area contributed by atoms with Crippen LogP contribution in [0.25, 0.3) is 0 Å². The van der Waals surface area contributed by atoms with Crippen molar-refractivity contribution in [2.75, 3.05) is 19.6 Å². The average molecular weight is 338 g/mol. The molecule has 0 aromatic heterocycles. The Labute approximate surface area is 149 Å². The molecule has 3 rings (SSSR count). The molecule has 1 N–H and O–H groups in total. The molecule has 0 bridgehead atoms. The number of amides is 1. The van der Waals surface area contributed by atoms with Crippen LogP contribution in [0.4, 0.5) is 0 Å². The first-order valence-electron chi connectivity index (χ1n) is 8.95. The summed E-state index contributed by atoms with van der Waals surface area (Å²) in [6.45, 7) is 5.79. The third kappa shape index (κ3) is 5.15. The van der Waals surface area contributed by atoms with Crippen molar-refractivity contribution in [1.29, 1.82) is 0 Å². The Balaban J connectivity index is 1.36. The molecule has 1 atom stereocenters. The summed E-state index contributed by atoms with van der Waals surface area (Å²) < 4.78 is 5.65. The van der Waals surface area contributed by atoms with Gasteiger partial charge in [-0.3, -0.25) is 9.69 Å². The standard InChI is InChI=1S/C21H26N2O2/c1-17(25-16-18-7-3-2-4-8-18)21(24)22-12-14-23-13-11-19-9-5-6-10-20(19)15-23/h2-10,17H,11-16H2,1H3,(H,22,24)/t17-/m0/s1. The zero-order valence-electron chi connectivity index (χ0n) is 14.8. The van der Waals surface area contributed by atoms with Gasteiger partial charge in [-0.05, 0) is 30.0 Å². The summed E-state index contributed by atoms with van der Waals surface area (Å²) in [6.07, 6.45) is 0.642. The predicted molar refractivity (Wildman–Crippen MR) is 99.1 cm³/mol. The highest BCUT2D eigenvalue weighted by Crippen LogP contribution is 2.17. The average Bonchev–Trinajstić information content (AvgIpc) is 2.66.